The number of amides is 3. The number of esters is 2. The number of carbonyl (C=O) groups excluding carboxylic acids is 5. The lowest BCUT2D eigenvalue weighted by Crippen LogP contribution is -2.62. The Morgan fingerprint density at radius 1 is 0.732 bits per heavy atom. The van der Waals surface area contributed by atoms with Crippen LogP contribution >= 0.6 is 0 Å². The van der Waals surface area contributed by atoms with Crippen molar-refractivity contribution in [1.82, 2.24) is 10.0 Å². The number of hydrogen-bond donors (Lipinski definition) is 0. The van der Waals surface area contributed by atoms with E-state index in [1.807, 2.05) is 26.8 Å². The van der Waals surface area contributed by atoms with E-state index < -0.39 is 35.2 Å². The van der Waals surface area contributed by atoms with Crippen LogP contribution in [0.3, 0.4) is 0 Å². The van der Waals surface area contributed by atoms with Crippen LogP contribution in [-0.4, -0.2) is 52.3 Å². The van der Waals surface area contributed by atoms with Crippen LogP contribution in [0.5, 0.6) is 5.75 Å². The summed E-state index contributed by atoms with van der Waals surface area (Å²) in [6.45, 7) is 10.6. The van der Waals surface area contributed by atoms with Crippen LogP contribution in [0, 0.1) is 13.8 Å². The Morgan fingerprint density at radius 2 is 1.27 bits per heavy atom. The summed E-state index contributed by atoms with van der Waals surface area (Å²) in [5.41, 5.74) is 2.04. The van der Waals surface area contributed by atoms with Gasteiger partial charge in [0.05, 0.1) is 18.2 Å². The van der Waals surface area contributed by atoms with Gasteiger partial charge in [-0.05, 0) is 95.1 Å². The molecule has 3 aromatic carbocycles. The van der Waals surface area contributed by atoms with E-state index in [0.717, 1.165) is 28.1 Å². The van der Waals surface area contributed by atoms with Crippen LogP contribution in [0.2, 0.25) is 0 Å². The third-order valence-corrected chi connectivity index (χ3v) is 6.15. The lowest BCUT2D eigenvalue weighted by Gasteiger charge is -2.41. The molecule has 0 heterocycles. The molecule has 3 rings (SSSR count). The van der Waals surface area contributed by atoms with Crippen LogP contribution < -0.4 is 4.74 Å². The molecule has 0 saturated carbocycles. The summed E-state index contributed by atoms with van der Waals surface area (Å²) in [6, 6.07) is 17.1. The number of nitrogens with zero attached hydrogens (tertiary/aromatic N) is 2. The van der Waals surface area contributed by atoms with Gasteiger partial charge in [-0.1, -0.05) is 36.2 Å². The van der Waals surface area contributed by atoms with Crippen LogP contribution in [-0.2, 0) is 20.7 Å². The zero-order chi connectivity index (χ0) is 30.5. The molecule has 0 fully saturated rings. The van der Waals surface area contributed by atoms with Gasteiger partial charge in [0, 0.05) is 11.1 Å². The highest BCUT2D eigenvalue weighted by Gasteiger charge is 2.43. The van der Waals surface area contributed by atoms with Gasteiger partial charge in [0.15, 0.2) is 0 Å². The highest BCUT2D eigenvalue weighted by atomic mass is 16.5. The van der Waals surface area contributed by atoms with Crippen LogP contribution in [0.1, 0.15) is 75.5 Å². The monoisotopic (exact) mass is 558 g/mol. The fraction of sp³-hybridized carbons (Fsp3) is 0.281. The van der Waals surface area contributed by atoms with Crippen molar-refractivity contribution in [3.63, 3.8) is 0 Å². The normalized spacial score (nSPS) is 10.9. The fourth-order valence-electron chi connectivity index (χ4n) is 4.21. The van der Waals surface area contributed by atoms with Crippen molar-refractivity contribution in [3.05, 3.63) is 100 Å². The Kier molecular flexibility index (Phi) is 9.44. The number of aryl methyl sites for hydroxylation is 3. The van der Waals surface area contributed by atoms with Gasteiger partial charge in [0.1, 0.15) is 5.75 Å². The number of carbonyl (C=O) groups is 5. The molecule has 3 aromatic rings. The van der Waals surface area contributed by atoms with Crippen LogP contribution in [0.25, 0.3) is 0 Å². The topological polar surface area (TPSA) is 110 Å². The van der Waals surface area contributed by atoms with E-state index in [9.17, 15) is 24.0 Å². The Hall–Kier alpha value is -4.79. The largest absolute Gasteiger partial charge is 0.465 e. The van der Waals surface area contributed by atoms with E-state index in [1.54, 1.807) is 57.2 Å². The van der Waals surface area contributed by atoms with Gasteiger partial charge in [-0.15, -0.1) is 0 Å². The predicted octanol–water partition coefficient (Wildman–Crippen LogP) is 5.08. The van der Waals surface area contributed by atoms with Crippen LogP contribution in [0.15, 0.2) is 66.7 Å². The number of ether oxygens (including phenoxy) is 2. The Bertz CT molecular complexity index is 1450. The average Bonchev–Trinajstić information content (AvgIpc) is 2.93. The minimum absolute atomic E-state index is 0.0429. The molecule has 0 bridgehead atoms. The molecule has 0 radical (unpaired) electrons. The molecule has 41 heavy (non-hydrogen) atoms. The number of rotatable bonds is 5. The van der Waals surface area contributed by atoms with Gasteiger partial charge < -0.3 is 9.47 Å². The molecule has 0 spiro atoms. The molecule has 9 nitrogen and oxygen atoms in total. The van der Waals surface area contributed by atoms with E-state index >= 15 is 0 Å². The number of hydrogen-bond acceptors (Lipinski definition) is 7. The second kappa shape index (κ2) is 12.6. The molecule has 0 aromatic heterocycles. The summed E-state index contributed by atoms with van der Waals surface area (Å²) in [4.78, 5) is 66.5. The maximum Gasteiger partial charge on any atom is 0.404 e. The number of hydrazine groups is 1. The van der Waals surface area contributed by atoms with Crippen molar-refractivity contribution >= 4 is 29.7 Å². The Balaban J connectivity index is 2.08. The maximum absolute atomic E-state index is 14.0. The van der Waals surface area contributed by atoms with Crippen molar-refractivity contribution < 1.29 is 33.4 Å². The number of methoxy groups -OCH3 is 1. The smallest absolute Gasteiger partial charge is 0.404 e. The average molecular weight is 559 g/mol. The molecule has 9 heteroatoms. The molecule has 0 aliphatic heterocycles. The summed E-state index contributed by atoms with van der Waals surface area (Å²) < 4.78 is 9.92. The molecule has 0 saturated heterocycles. The molecule has 0 unspecified atom stereocenters. The van der Waals surface area contributed by atoms with Gasteiger partial charge in [-0.25, -0.2) is 14.6 Å². The summed E-state index contributed by atoms with van der Waals surface area (Å²) in [7, 11) is 1.23. The van der Waals surface area contributed by atoms with Crippen molar-refractivity contribution in [1.29, 1.82) is 0 Å². The minimum Gasteiger partial charge on any atom is -0.465 e. The zero-order valence-corrected chi connectivity index (χ0v) is 24.3. The van der Waals surface area contributed by atoms with Gasteiger partial charge in [0.25, 0.3) is 11.8 Å². The molecule has 0 aliphatic carbocycles. The highest BCUT2D eigenvalue weighted by molar-refractivity contribution is 6.37. The van der Waals surface area contributed by atoms with E-state index in [1.165, 1.54) is 31.4 Å². The third-order valence-electron chi connectivity index (χ3n) is 6.15. The van der Waals surface area contributed by atoms with E-state index in [-0.39, 0.29) is 22.4 Å². The minimum atomic E-state index is -1.39. The summed E-state index contributed by atoms with van der Waals surface area (Å²) in [6.07, 6.45) is 0.734. The maximum atomic E-state index is 14.0. The van der Waals surface area contributed by atoms with Crippen molar-refractivity contribution in [2.75, 3.05) is 7.11 Å². The molecule has 3 amide bonds. The highest BCUT2D eigenvalue weighted by Crippen LogP contribution is 2.25. The van der Waals surface area contributed by atoms with E-state index in [4.69, 9.17) is 4.74 Å². The number of benzene rings is 3. The Morgan fingerprint density at radius 3 is 1.76 bits per heavy atom. The summed E-state index contributed by atoms with van der Waals surface area (Å²) in [5.74, 6) is -4.90. The van der Waals surface area contributed by atoms with Crippen LogP contribution in [0.4, 0.5) is 0 Å². The van der Waals surface area contributed by atoms with E-state index in [2.05, 4.69) is 4.74 Å². The van der Waals surface area contributed by atoms with Gasteiger partial charge in [0.2, 0.25) is 0 Å². The first-order valence-electron chi connectivity index (χ1n) is 13.1. The van der Waals surface area contributed by atoms with Gasteiger partial charge in [-0.2, -0.15) is 5.01 Å². The second-order valence-electron chi connectivity index (χ2n) is 10.5. The number of imide groups is 1. The Labute approximate surface area is 239 Å². The van der Waals surface area contributed by atoms with E-state index in [0.29, 0.717) is 5.01 Å². The van der Waals surface area contributed by atoms with Gasteiger partial charge >= 0.3 is 17.8 Å². The summed E-state index contributed by atoms with van der Waals surface area (Å²) >= 11 is 0. The molecule has 0 N–H and O–H groups in total. The second-order valence-corrected chi connectivity index (χ2v) is 10.5. The SMILES string of the molecule is CCc1ccc(C(=O)N(C(=O)C(=O)Oc2ccc(C(=O)OC)cc2)N(C(=O)c2cc(C)cc(C)c2)C(C)(C)C)cc1. The standard InChI is InChI=1S/C32H34N2O7/c1-8-22-9-11-23(12-10-22)27(35)33(29(37)31(39)41-26-15-13-24(14-16-26)30(38)40-7)34(32(4,5)6)28(36)25-18-20(2)17-21(3)19-25/h9-19H,8H2,1-7H3. The lowest BCUT2D eigenvalue weighted by atomic mass is 10.0. The van der Waals surface area contributed by atoms with Crippen molar-refractivity contribution in [2.45, 2.75) is 53.5 Å². The molecule has 214 valence electrons. The first-order chi connectivity index (χ1) is 19.3. The van der Waals surface area contributed by atoms with Crippen molar-refractivity contribution in [2.24, 2.45) is 0 Å². The molecule has 0 atom stereocenters. The van der Waals surface area contributed by atoms with Gasteiger partial charge in [-0.3, -0.25) is 14.4 Å². The fourth-order valence-corrected chi connectivity index (χ4v) is 4.21. The predicted molar refractivity (Wildman–Crippen MR) is 152 cm³/mol. The lowest BCUT2D eigenvalue weighted by molar-refractivity contribution is -0.161. The summed E-state index contributed by atoms with van der Waals surface area (Å²) in [5, 5.41) is 1.54. The molecular formula is C32H34N2O7. The third kappa shape index (κ3) is 7.25. The zero-order valence-electron chi connectivity index (χ0n) is 24.3. The van der Waals surface area contributed by atoms with Crippen molar-refractivity contribution in [3.8, 4) is 5.75 Å². The first kappa shape index (κ1) is 30.7. The quantitative estimate of drug-likeness (QED) is 0.186. The molecular weight excluding hydrogens is 524 g/mol. The first-order valence-corrected chi connectivity index (χ1v) is 13.1. The molecule has 0 aliphatic rings.